The number of hydrogen-bond acceptors (Lipinski definition) is 4. The lowest BCUT2D eigenvalue weighted by molar-refractivity contribution is 0.0915. The number of amides is 2. The first-order valence-corrected chi connectivity index (χ1v) is 31.1. The molecule has 0 spiro atoms. The minimum atomic E-state index is -0.322. The van der Waals surface area contributed by atoms with Crippen molar-refractivity contribution >= 4 is 23.4 Å². The van der Waals surface area contributed by atoms with Crippen LogP contribution in [0, 0.1) is 11.8 Å². The smallest absolute Gasteiger partial charge is 0.252 e. The van der Waals surface area contributed by atoms with Crippen LogP contribution >= 0.6 is 0 Å². The summed E-state index contributed by atoms with van der Waals surface area (Å²) in [5.74, 6) is -0.0589. The maximum atomic E-state index is 14.2. The molecular formula is C64H116N2O4. The third-order valence-corrected chi connectivity index (χ3v) is 15.5. The summed E-state index contributed by atoms with van der Waals surface area (Å²) >= 11 is 0. The Labute approximate surface area is 434 Å². The molecule has 1 aromatic carbocycles. The van der Waals surface area contributed by atoms with Crippen molar-refractivity contribution in [2.24, 2.45) is 11.8 Å². The Kier molecular flexibility index (Phi) is 44.5. The Morgan fingerprint density at radius 2 is 0.643 bits per heavy atom. The van der Waals surface area contributed by atoms with Gasteiger partial charge in [-0.1, -0.05) is 286 Å². The predicted octanol–water partition coefficient (Wildman–Crippen LogP) is 20.0. The highest BCUT2D eigenvalue weighted by Crippen LogP contribution is 2.26. The van der Waals surface area contributed by atoms with E-state index in [0.717, 1.165) is 96.3 Å². The van der Waals surface area contributed by atoms with Gasteiger partial charge in [-0.25, -0.2) is 0 Å². The van der Waals surface area contributed by atoms with Crippen LogP contribution in [0.3, 0.4) is 0 Å². The molecular weight excluding hydrogens is 861 g/mol. The van der Waals surface area contributed by atoms with E-state index in [0.29, 0.717) is 48.9 Å². The molecule has 0 radical (unpaired) electrons. The molecule has 2 amide bonds. The third kappa shape index (κ3) is 34.0. The van der Waals surface area contributed by atoms with Crippen LogP contribution in [0.5, 0.6) is 0 Å². The van der Waals surface area contributed by atoms with Crippen molar-refractivity contribution in [2.75, 3.05) is 13.1 Å². The second-order valence-corrected chi connectivity index (χ2v) is 21.8. The largest absolute Gasteiger partial charge is 0.352 e. The van der Waals surface area contributed by atoms with Gasteiger partial charge in [0.2, 0.25) is 0 Å². The van der Waals surface area contributed by atoms with Gasteiger partial charge in [-0.2, -0.15) is 0 Å². The summed E-state index contributed by atoms with van der Waals surface area (Å²) < 4.78 is 0. The van der Waals surface area contributed by atoms with Crippen LogP contribution in [0.2, 0.25) is 0 Å². The van der Waals surface area contributed by atoms with Crippen LogP contribution in [-0.4, -0.2) is 36.5 Å². The topological polar surface area (TPSA) is 92.3 Å². The van der Waals surface area contributed by atoms with Gasteiger partial charge in [-0.05, 0) is 49.7 Å². The molecule has 0 aromatic heterocycles. The van der Waals surface area contributed by atoms with E-state index < -0.39 is 0 Å². The van der Waals surface area contributed by atoms with Crippen molar-refractivity contribution in [3.8, 4) is 0 Å². The zero-order valence-electron chi connectivity index (χ0n) is 47.5. The summed E-state index contributed by atoms with van der Waals surface area (Å²) in [5, 5.41) is 6.28. The molecule has 6 heteroatoms. The van der Waals surface area contributed by atoms with Gasteiger partial charge in [0.05, 0.1) is 11.1 Å². The summed E-state index contributed by atoms with van der Waals surface area (Å²) in [5.41, 5.74) is 1.07. The molecule has 0 aliphatic rings. The van der Waals surface area contributed by atoms with Crippen LogP contribution in [0.25, 0.3) is 0 Å². The average Bonchev–Trinajstić information content (AvgIpc) is 3.37. The van der Waals surface area contributed by atoms with E-state index in [2.05, 4.69) is 52.2 Å². The van der Waals surface area contributed by atoms with Crippen molar-refractivity contribution in [1.29, 1.82) is 0 Å². The van der Waals surface area contributed by atoms with Crippen molar-refractivity contribution in [3.05, 3.63) is 34.4 Å². The number of nitrogens with one attached hydrogen (secondary N) is 2. The van der Waals surface area contributed by atoms with Gasteiger partial charge < -0.3 is 10.6 Å². The van der Waals surface area contributed by atoms with Gasteiger partial charge in [0.25, 0.3) is 11.8 Å². The summed E-state index contributed by atoms with van der Waals surface area (Å²) in [4.78, 5) is 56.7. The molecule has 1 rings (SSSR count). The van der Waals surface area contributed by atoms with E-state index in [9.17, 15) is 19.2 Å². The number of unbranched alkanes of at least 4 members (excludes halogenated alkanes) is 33. The zero-order valence-corrected chi connectivity index (χ0v) is 47.5. The first-order valence-electron chi connectivity index (χ1n) is 31.1. The number of carbonyl (C=O) groups is 4. The van der Waals surface area contributed by atoms with Crippen LogP contribution in [0.1, 0.15) is 365 Å². The lowest BCUT2D eigenvalue weighted by Gasteiger charge is -2.19. The quantitative estimate of drug-likeness (QED) is 0.0502. The Morgan fingerprint density at radius 1 is 0.329 bits per heavy atom. The molecule has 1 aromatic rings. The second kappa shape index (κ2) is 47.5. The molecule has 6 nitrogen and oxygen atoms in total. The van der Waals surface area contributed by atoms with Gasteiger partial charge in [0, 0.05) is 37.1 Å². The maximum Gasteiger partial charge on any atom is 0.252 e. The molecule has 0 aliphatic carbocycles. The van der Waals surface area contributed by atoms with Crippen LogP contribution < -0.4 is 10.6 Å². The van der Waals surface area contributed by atoms with Gasteiger partial charge >= 0.3 is 0 Å². The second-order valence-electron chi connectivity index (χ2n) is 21.8. The average molecular weight is 978 g/mol. The molecule has 2 unspecified atom stereocenters. The standard InChI is InChI=1S/C64H116N2O4/c1-7-13-17-19-21-23-25-27-29-31-32-34-36-38-40-42-44-48-61(67)57-52-58(62(68)50-49-55(11-5)46-15-9-3)59(53-60(57)64(70)66-54-56(12-6)47-16-10-4)63(69)65-51-45-43-41-39-37-35-33-30-28-26-24-22-20-18-14-8-2/h52-53,55-56H,7-51,54H2,1-6H3,(H,65,69)(H,66,70). The molecule has 0 saturated carbocycles. The van der Waals surface area contributed by atoms with Gasteiger partial charge in [-0.3, -0.25) is 19.2 Å². The lowest BCUT2D eigenvalue weighted by atomic mass is 9.88. The fraction of sp³-hybridized carbons (Fsp3) is 0.844. The van der Waals surface area contributed by atoms with E-state index in [-0.39, 0.29) is 34.5 Å². The molecule has 0 saturated heterocycles. The van der Waals surface area contributed by atoms with Gasteiger partial charge in [0.15, 0.2) is 11.6 Å². The molecule has 0 heterocycles. The van der Waals surface area contributed by atoms with Crippen molar-refractivity contribution in [3.63, 3.8) is 0 Å². The van der Waals surface area contributed by atoms with Crippen LogP contribution in [0.4, 0.5) is 0 Å². The normalized spacial score (nSPS) is 12.3. The van der Waals surface area contributed by atoms with E-state index >= 15 is 0 Å². The summed E-state index contributed by atoms with van der Waals surface area (Å²) in [6.07, 6.45) is 52.4. The molecule has 0 fully saturated rings. The van der Waals surface area contributed by atoms with Crippen molar-refractivity contribution < 1.29 is 19.2 Å². The molecule has 406 valence electrons. The highest BCUT2D eigenvalue weighted by Gasteiger charge is 2.26. The number of ketones is 2. The lowest BCUT2D eigenvalue weighted by Crippen LogP contribution is -2.32. The van der Waals surface area contributed by atoms with E-state index in [1.807, 2.05) is 0 Å². The van der Waals surface area contributed by atoms with Gasteiger partial charge in [-0.15, -0.1) is 0 Å². The molecule has 2 atom stereocenters. The Morgan fingerprint density at radius 3 is 1.03 bits per heavy atom. The molecule has 70 heavy (non-hydrogen) atoms. The molecule has 0 bridgehead atoms. The predicted molar refractivity (Wildman–Crippen MR) is 304 cm³/mol. The molecule has 2 N–H and O–H groups in total. The van der Waals surface area contributed by atoms with Crippen LogP contribution in [0.15, 0.2) is 12.1 Å². The third-order valence-electron chi connectivity index (χ3n) is 15.5. The monoisotopic (exact) mass is 977 g/mol. The summed E-state index contributed by atoms with van der Waals surface area (Å²) in [6, 6.07) is 3.23. The Balaban J connectivity index is 2.95. The minimum Gasteiger partial charge on any atom is -0.352 e. The van der Waals surface area contributed by atoms with Crippen LogP contribution in [-0.2, 0) is 0 Å². The minimum absolute atomic E-state index is 0.104. The molecule has 0 aliphatic heterocycles. The Bertz CT molecular complexity index is 1320. The van der Waals surface area contributed by atoms with Gasteiger partial charge in [0.1, 0.15) is 0 Å². The first-order chi connectivity index (χ1) is 34.3. The summed E-state index contributed by atoms with van der Waals surface area (Å²) in [7, 11) is 0. The zero-order chi connectivity index (χ0) is 51.1. The highest BCUT2D eigenvalue weighted by atomic mass is 16.2. The number of hydrogen-bond donors (Lipinski definition) is 2. The van der Waals surface area contributed by atoms with Crippen molar-refractivity contribution in [1.82, 2.24) is 10.6 Å². The highest BCUT2D eigenvalue weighted by molar-refractivity contribution is 6.14. The maximum absolute atomic E-state index is 14.2. The number of benzene rings is 1. The summed E-state index contributed by atoms with van der Waals surface area (Å²) in [6.45, 7) is 14.4. The number of rotatable bonds is 52. The van der Waals surface area contributed by atoms with Crippen molar-refractivity contribution in [2.45, 2.75) is 324 Å². The van der Waals surface area contributed by atoms with E-state index in [4.69, 9.17) is 0 Å². The fourth-order valence-electron chi connectivity index (χ4n) is 10.3. The number of Topliss-reactive ketones (excluding diaryl/α,β-unsaturated/α-hetero) is 2. The Hall–Kier alpha value is -2.50. The SMILES string of the molecule is CCCCCCCCCCCCCCCCCCCC(=O)c1cc(C(=O)CCC(CC)CCCC)c(C(=O)NCCCCCCCCCCCCCCCCCC)cc1C(=O)NCC(CC)CCCC. The van der Waals surface area contributed by atoms with E-state index in [1.165, 1.54) is 173 Å². The fourth-order valence-corrected chi connectivity index (χ4v) is 10.3. The number of carbonyl (C=O) groups excluding carboxylic acids is 4. The first kappa shape index (κ1) is 65.5. The van der Waals surface area contributed by atoms with E-state index in [1.54, 1.807) is 12.1 Å².